The fourth-order valence-corrected chi connectivity index (χ4v) is 3.77. The number of hydrogen-bond donors (Lipinski definition) is 3. The summed E-state index contributed by atoms with van der Waals surface area (Å²) >= 11 is 1.44. The summed E-state index contributed by atoms with van der Waals surface area (Å²) in [4.78, 5) is 3.67. The standard InChI is InChI=1S/C15H21BrN2O5SSi/c1-25(2,3)23-15-12(19)13(10-4-7-17-8-5-10)22-14(15)11(16)6-9-18-24(20)21/h4-5,7-8,11,18-19H,6,9H2,1-3H3,(H,20,21). The lowest BCUT2D eigenvalue weighted by Crippen LogP contribution is -2.29. The number of pyridine rings is 1. The van der Waals surface area contributed by atoms with E-state index in [0.29, 0.717) is 29.3 Å². The Kier molecular flexibility index (Phi) is 6.80. The second-order valence-corrected chi connectivity index (χ2v) is 12.6. The van der Waals surface area contributed by atoms with Crippen molar-refractivity contribution >= 4 is 35.5 Å². The summed E-state index contributed by atoms with van der Waals surface area (Å²) in [7, 11) is -2.00. The van der Waals surface area contributed by atoms with Crippen molar-refractivity contribution < 1.29 is 22.7 Å². The van der Waals surface area contributed by atoms with Gasteiger partial charge in [0, 0.05) is 24.5 Å². The van der Waals surface area contributed by atoms with Crippen LogP contribution in [-0.4, -0.2) is 33.7 Å². The van der Waals surface area contributed by atoms with E-state index in [1.165, 1.54) is 0 Å². The number of hydrogen-bond acceptors (Lipinski definition) is 5. The molecule has 0 aliphatic heterocycles. The normalized spacial score (nSPS) is 14.3. The second kappa shape index (κ2) is 8.45. The monoisotopic (exact) mass is 448 g/mol. The van der Waals surface area contributed by atoms with Gasteiger partial charge in [-0.25, -0.2) is 8.93 Å². The van der Waals surface area contributed by atoms with Crippen LogP contribution >= 0.6 is 15.9 Å². The first kappa shape index (κ1) is 20.1. The van der Waals surface area contributed by atoms with Crippen molar-refractivity contribution in [1.82, 2.24) is 9.71 Å². The smallest absolute Gasteiger partial charge is 0.242 e. The van der Waals surface area contributed by atoms with Crippen molar-refractivity contribution in [2.24, 2.45) is 0 Å². The van der Waals surface area contributed by atoms with E-state index in [-0.39, 0.29) is 17.1 Å². The highest BCUT2D eigenvalue weighted by Gasteiger charge is 2.30. The van der Waals surface area contributed by atoms with Gasteiger partial charge in [0.15, 0.2) is 17.3 Å². The molecule has 138 valence electrons. The van der Waals surface area contributed by atoms with Crippen molar-refractivity contribution in [3.8, 4) is 22.8 Å². The second-order valence-electron chi connectivity index (χ2n) is 6.32. The lowest BCUT2D eigenvalue weighted by Gasteiger charge is -2.20. The minimum absolute atomic E-state index is 0.0493. The average Bonchev–Trinajstić information content (AvgIpc) is 2.83. The third kappa shape index (κ3) is 5.64. The number of nitrogens with zero attached hydrogens (tertiary/aromatic N) is 1. The molecule has 0 radical (unpaired) electrons. The molecule has 0 aromatic carbocycles. The summed E-state index contributed by atoms with van der Waals surface area (Å²) in [6, 6.07) is 3.47. The molecule has 0 aliphatic carbocycles. The van der Waals surface area contributed by atoms with Gasteiger partial charge in [-0.15, -0.1) is 0 Å². The van der Waals surface area contributed by atoms with Gasteiger partial charge >= 0.3 is 0 Å². The zero-order chi connectivity index (χ0) is 18.6. The van der Waals surface area contributed by atoms with Crippen molar-refractivity contribution in [1.29, 1.82) is 0 Å². The summed E-state index contributed by atoms with van der Waals surface area (Å²) < 4.78 is 33.9. The molecule has 2 atom stereocenters. The predicted molar refractivity (Wildman–Crippen MR) is 103 cm³/mol. The first-order valence-electron chi connectivity index (χ1n) is 7.62. The Labute approximate surface area is 158 Å². The van der Waals surface area contributed by atoms with E-state index in [1.54, 1.807) is 24.5 Å². The molecule has 0 spiro atoms. The summed E-state index contributed by atoms with van der Waals surface area (Å²) in [6.07, 6.45) is 3.70. The Morgan fingerprint density at radius 3 is 2.60 bits per heavy atom. The van der Waals surface area contributed by atoms with Crippen LogP contribution in [0.25, 0.3) is 11.3 Å². The molecule has 0 aliphatic rings. The maximum absolute atomic E-state index is 10.7. The largest absolute Gasteiger partial charge is 0.539 e. The van der Waals surface area contributed by atoms with Crippen molar-refractivity contribution in [2.75, 3.05) is 6.54 Å². The molecule has 0 bridgehead atoms. The molecular weight excluding hydrogens is 428 g/mol. The minimum atomic E-state index is -2.07. The van der Waals surface area contributed by atoms with Crippen LogP contribution in [0.4, 0.5) is 0 Å². The summed E-state index contributed by atoms with van der Waals surface area (Å²) in [5, 5.41) is 10.6. The third-order valence-electron chi connectivity index (χ3n) is 3.12. The molecule has 0 saturated heterocycles. The number of aromatic hydroxyl groups is 1. The van der Waals surface area contributed by atoms with Crippen LogP contribution in [0.1, 0.15) is 17.0 Å². The Balaban J connectivity index is 2.37. The van der Waals surface area contributed by atoms with Crippen LogP contribution in [0.2, 0.25) is 19.6 Å². The summed E-state index contributed by atoms with van der Waals surface area (Å²) in [6.45, 7) is 6.32. The number of alkyl halides is 1. The van der Waals surface area contributed by atoms with E-state index in [9.17, 15) is 9.32 Å². The quantitative estimate of drug-likeness (QED) is 0.322. The third-order valence-corrected chi connectivity index (χ3v) is 5.27. The molecule has 2 heterocycles. The maximum Gasteiger partial charge on any atom is 0.242 e. The Morgan fingerprint density at radius 2 is 2.04 bits per heavy atom. The van der Waals surface area contributed by atoms with E-state index in [0.717, 1.165) is 0 Å². The topological polar surface area (TPSA) is 105 Å². The van der Waals surface area contributed by atoms with Gasteiger partial charge in [0.1, 0.15) is 0 Å². The van der Waals surface area contributed by atoms with Crippen LogP contribution in [0.3, 0.4) is 0 Å². The molecule has 3 N–H and O–H groups in total. The van der Waals surface area contributed by atoms with Gasteiger partial charge in [-0.2, -0.15) is 0 Å². The summed E-state index contributed by atoms with van der Waals surface area (Å²) in [5.41, 5.74) is 0.688. The first-order valence-corrected chi connectivity index (χ1v) is 13.1. The van der Waals surface area contributed by atoms with E-state index in [2.05, 4.69) is 25.6 Å². The van der Waals surface area contributed by atoms with Gasteiger partial charge in [0.25, 0.3) is 0 Å². The zero-order valence-electron chi connectivity index (χ0n) is 14.2. The molecule has 0 amide bonds. The fraction of sp³-hybridized carbons (Fsp3) is 0.400. The highest BCUT2D eigenvalue weighted by Crippen LogP contribution is 2.48. The minimum Gasteiger partial charge on any atom is -0.539 e. The lowest BCUT2D eigenvalue weighted by atomic mass is 10.2. The van der Waals surface area contributed by atoms with E-state index < -0.39 is 19.6 Å². The number of furan rings is 1. The van der Waals surface area contributed by atoms with E-state index in [4.69, 9.17) is 13.4 Å². The maximum atomic E-state index is 10.7. The Hall–Kier alpha value is -1.20. The van der Waals surface area contributed by atoms with E-state index >= 15 is 0 Å². The number of aromatic nitrogens is 1. The van der Waals surface area contributed by atoms with Gasteiger partial charge in [0.2, 0.25) is 25.3 Å². The molecule has 0 saturated carbocycles. The Bertz CT molecular complexity index is 736. The van der Waals surface area contributed by atoms with Crippen molar-refractivity contribution in [3.05, 3.63) is 30.3 Å². The Morgan fingerprint density at radius 1 is 1.40 bits per heavy atom. The van der Waals surface area contributed by atoms with Crippen LogP contribution in [0.15, 0.2) is 28.9 Å². The number of nitrogens with one attached hydrogen (secondary N) is 1. The van der Waals surface area contributed by atoms with Gasteiger partial charge in [-0.3, -0.25) is 9.54 Å². The van der Waals surface area contributed by atoms with Gasteiger partial charge in [-0.1, -0.05) is 15.9 Å². The molecule has 2 rings (SSSR count). The molecule has 25 heavy (non-hydrogen) atoms. The molecule has 2 unspecified atom stereocenters. The van der Waals surface area contributed by atoms with Crippen LogP contribution < -0.4 is 9.15 Å². The molecule has 10 heteroatoms. The lowest BCUT2D eigenvalue weighted by molar-refractivity contribution is 0.438. The zero-order valence-corrected chi connectivity index (χ0v) is 17.6. The highest BCUT2D eigenvalue weighted by molar-refractivity contribution is 9.09. The van der Waals surface area contributed by atoms with Crippen LogP contribution in [-0.2, 0) is 11.3 Å². The van der Waals surface area contributed by atoms with Crippen LogP contribution in [0, 0.1) is 0 Å². The average molecular weight is 449 g/mol. The highest BCUT2D eigenvalue weighted by atomic mass is 79.9. The van der Waals surface area contributed by atoms with E-state index in [1.807, 2.05) is 19.6 Å². The van der Waals surface area contributed by atoms with Crippen LogP contribution in [0.5, 0.6) is 11.5 Å². The van der Waals surface area contributed by atoms with Gasteiger partial charge in [-0.05, 0) is 38.2 Å². The van der Waals surface area contributed by atoms with Gasteiger partial charge in [0.05, 0.1) is 4.83 Å². The molecule has 2 aromatic rings. The first-order chi connectivity index (χ1) is 11.7. The summed E-state index contributed by atoms with van der Waals surface area (Å²) in [5.74, 6) is 1.04. The van der Waals surface area contributed by atoms with Crippen molar-refractivity contribution in [3.63, 3.8) is 0 Å². The molecule has 7 nitrogen and oxygen atoms in total. The van der Waals surface area contributed by atoms with Crippen molar-refractivity contribution in [2.45, 2.75) is 30.9 Å². The number of rotatable bonds is 8. The molecule has 0 fully saturated rings. The SMILES string of the molecule is C[Si](C)(C)Oc1c(C(Br)CCNS(=O)O)oc(-c2ccncc2)c1O. The van der Waals surface area contributed by atoms with Gasteiger partial charge < -0.3 is 13.9 Å². The fourth-order valence-electron chi connectivity index (χ4n) is 2.14. The molecular formula is C15H21BrN2O5SSi. The molecule has 2 aromatic heterocycles. The predicted octanol–water partition coefficient (Wildman–Crippen LogP) is 3.81. The number of halogens is 1.